The minimum Gasteiger partial charge on any atom is -0.405 e. The number of rotatable bonds is 8. The molecule has 2 unspecified atom stereocenters. The molecule has 0 spiro atoms. The van der Waals surface area contributed by atoms with E-state index in [9.17, 15) is 65.1 Å². The molecule has 0 bridgehead atoms. The maximum Gasteiger partial charge on any atom is 0.592 e. The van der Waals surface area contributed by atoms with E-state index < -0.39 is 117 Å². The van der Waals surface area contributed by atoms with Crippen LogP contribution in [0.15, 0.2) is 0 Å². The van der Waals surface area contributed by atoms with Gasteiger partial charge in [0.2, 0.25) is 5.79 Å². The van der Waals surface area contributed by atoms with Gasteiger partial charge >= 0.3 is 30.0 Å². The molecule has 0 aromatic rings. The van der Waals surface area contributed by atoms with Gasteiger partial charge in [-0.1, -0.05) is 0 Å². The maximum absolute atomic E-state index is 12.9. The van der Waals surface area contributed by atoms with Crippen LogP contribution in [-0.4, -0.2) is 150 Å². The predicted octanol–water partition coefficient (Wildman–Crippen LogP) is -6.93. The van der Waals surface area contributed by atoms with Crippen LogP contribution in [0.4, 0.5) is 4.79 Å². The molecule has 228 valence electrons. The van der Waals surface area contributed by atoms with Gasteiger partial charge in [-0.2, -0.15) is 4.79 Å². The molecule has 10 atom stereocenters. The molecule has 3 rings (SSSR count). The summed E-state index contributed by atoms with van der Waals surface area (Å²) in [6.07, 6.45) is -19.8. The Hall–Kier alpha value is -2.80. The number of aliphatic hydroxyl groups is 9. The van der Waals surface area contributed by atoms with Crippen molar-refractivity contribution in [1.82, 2.24) is 0 Å². The standard InChI is InChI=1S/C19H26O21/c20-3-6-10(25)12(27)14(29)19(34-6,40-18(5-22)13(28)11(26)7(4-21)33-18)35-8(23)1-17(32)2-9(24)36-38-16(31)39-37-15(17)30/h6-7,10-14,20-22,25-29,32H,1-5H2/t6-,7-,10-,11-,12+,13+,14-,17?,18?,19+/m1/s1. The third-order valence-corrected chi connectivity index (χ3v) is 6.03. The van der Waals surface area contributed by atoms with Gasteiger partial charge in [-0.3, -0.25) is 9.53 Å². The lowest BCUT2D eigenvalue weighted by atomic mass is 9.95. The summed E-state index contributed by atoms with van der Waals surface area (Å²) in [4.78, 5) is 63.6. The van der Waals surface area contributed by atoms with Crippen LogP contribution in [0.3, 0.4) is 0 Å². The van der Waals surface area contributed by atoms with Crippen molar-refractivity contribution in [2.75, 3.05) is 19.8 Å². The fourth-order valence-electron chi connectivity index (χ4n) is 3.95. The molecule has 0 aromatic heterocycles. The zero-order valence-electron chi connectivity index (χ0n) is 20.0. The van der Waals surface area contributed by atoms with Crippen molar-refractivity contribution >= 4 is 24.1 Å². The molecule has 3 aliphatic heterocycles. The van der Waals surface area contributed by atoms with Gasteiger partial charge in [0.25, 0.3) is 0 Å². The van der Waals surface area contributed by atoms with Crippen LogP contribution in [0, 0.1) is 0 Å². The second-order valence-corrected chi connectivity index (χ2v) is 8.82. The average Bonchev–Trinajstić information content (AvgIpc) is 3.17. The van der Waals surface area contributed by atoms with E-state index in [-0.39, 0.29) is 0 Å². The molecule has 0 amide bonds. The van der Waals surface area contributed by atoms with E-state index in [4.69, 9.17) is 18.9 Å². The molecule has 0 radical (unpaired) electrons. The monoisotopic (exact) mass is 590 g/mol. The Morgan fingerprint density at radius 1 is 0.825 bits per heavy atom. The molecule has 21 nitrogen and oxygen atoms in total. The first-order chi connectivity index (χ1) is 18.7. The summed E-state index contributed by atoms with van der Waals surface area (Å²) in [5.41, 5.74) is -3.23. The largest absolute Gasteiger partial charge is 0.592 e. The first kappa shape index (κ1) is 31.7. The van der Waals surface area contributed by atoms with Gasteiger partial charge in [-0.15, -0.1) is 0 Å². The van der Waals surface area contributed by atoms with E-state index in [1.165, 1.54) is 0 Å². The Morgan fingerprint density at radius 3 is 2.00 bits per heavy atom. The minimum absolute atomic E-state index is 0.959. The number of aliphatic hydroxyl groups excluding tert-OH is 8. The van der Waals surface area contributed by atoms with Crippen molar-refractivity contribution in [1.29, 1.82) is 0 Å². The van der Waals surface area contributed by atoms with Gasteiger partial charge in [0.15, 0.2) is 11.7 Å². The molecule has 0 aromatic carbocycles. The number of ether oxygens (including phenoxy) is 4. The van der Waals surface area contributed by atoms with Crippen molar-refractivity contribution in [2.45, 2.75) is 72.9 Å². The predicted molar refractivity (Wildman–Crippen MR) is 108 cm³/mol. The molecular weight excluding hydrogens is 564 g/mol. The smallest absolute Gasteiger partial charge is 0.405 e. The summed E-state index contributed by atoms with van der Waals surface area (Å²) >= 11 is 0. The van der Waals surface area contributed by atoms with Crippen molar-refractivity contribution < 1.29 is 104 Å². The van der Waals surface area contributed by atoms with E-state index in [1.807, 2.05) is 0 Å². The first-order valence-corrected chi connectivity index (χ1v) is 11.2. The highest BCUT2D eigenvalue weighted by Gasteiger charge is 2.66. The third kappa shape index (κ3) is 5.95. The maximum atomic E-state index is 12.9. The lowest BCUT2D eigenvalue weighted by Crippen LogP contribution is -2.71. The van der Waals surface area contributed by atoms with Crippen molar-refractivity contribution in [3.8, 4) is 0 Å². The summed E-state index contributed by atoms with van der Waals surface area (Å²) < 4.78 is 20.6. The molecule has 40 heavy (non-hydrogen) atoms. The first-order valence-electron chi connectivity index (χ1n) is 11.2. The summed E-state index contributed by atoms with van der Waals surface area (Å²) in [6.45, 7) is -3.51. The van der Waals surface area contributed by atoms with Crippen LogP contribution in [0.5, 0.6) is 0 Å². The quantitative estimate of drug-likeness (QED) is 0.0720. The van der Waals surface area contributed by atoms with Gasteiger partial charge in [-0.25, -0.2) is 29.1 Å². The number of esters is 1. The van der Waals surface area contributed by atoms with Crippen molar-refractivity contribution in [3.05, 3.63) is 0 Å². The van der Waals surface area contributed by atoms with Gasteiger partial charge in [0.1, 0.15) is 43.2 Å². The Labute approximate surface area is 221 Å². The van der Waals surface area contributed by atoms with Crippen LogP contribution in [0.2, 0.25) is 0 Å². The van der Waals surface area contributed by atoms with E-state index >= 15 is 0 Å². The van der Waals surface area contributed by atoms with Gasteiger partial charge in [0, 0.05) is 0 Å². The Balaban J connectivity index is 1.98. The highest BCUT2D eigenvalue weighted by molar-refractivity contribution is 5.90. The Kier molecular flexibility index (Phi) is 9.50. The highest BCUT2D eigenvalue weighted by atomic mass is 17.3. The molecule has 0 aliphatic carbocycles. The summed E-state index contributed by atoms with van der Waals surface area (Å²) in [5.74, 6) is -11.8. The summed E-state index contributed by atoms with van der Waals surface area (Å²) in [5, 5.41) is 91.3. The van der Waals surface area contributed by atoms with Gasteiger partial charge in [0.05, 0.1) is 26.1 Å². The fourth-order valence-corrected chi connectivity index (χ4v) is 3.95. The van der Waals surface area contributed by atoms with Crippen molar-refractivity contribution in [3.63, 3.8) is 0 Å². The van der Waals surface area contributed by atoms with E-state index in [1.54, 1.807) is 0 Å². The zero-order chi connectivity index (χ0) is 30.0. The summed E-state index contributed by atoms with van der Waals surface area (Å²) in [7, 11) is 0. The molecule has 0 saturated carbocycles. The average molecular weight is 590 g/mol. The number of hydrogen-bond acceptors (Lipinski definition) is 21. The fraction of sp³-hybridized carbons (Fsp3) is 0.789. The Morgan fingerprint density at radius 2 is 1.43 bits per heavy atom. The SMILES string of the molecule is O=C1CC(O)(CC(=O)O[C@@]2(OC3(CO)O[C@H](CO)[C@@H](O)[C@@H]3O)O[C@H](CO)[C@@H](O)[C@H](O)[C@H]2O)C(=O)OOC(=O)OO1. The number of carbonyl (C=O) groups excluding carboxylic acids is 4. The molecule has 3 saturated heterocycles. The molecule has 21 heteroatoms. The normalized spacial score (nSPS) is 42.4. The second-order valence-electron chi connectivity index (χ2n) is 8.82. The third-order valence-electron chi connectivity index (χ3n) is 6.03. The lowest BCUT2D eigenvalue weighted by Gasteiger charge is -2.49. The van der Waals surface area contributed by atoms with E-state index in [0.717, 1.165) is 0 Å². The van der Waals surface area contributed by atoms with Crippen LogP contribution >= 0.6 is 0 Å². The lowest BCUT2D eigenvalue weighted by molar-refractivity contribution is -0.498. The topological polar surface area (TPSA) is 324 Å². The minimum atomic E-state index is -3.48. The molecule has 3 fully saturated rings. The second kappa shape index (κ2) is 12.0. The van der Waals surface area contributed by atoms with Crippen LogP contribution in [-0.2, 0) is 52.9 Å². The van der Waals surface area contributed by atoms with Crippen molar-refractivity contribution in [2.24, 2.45) is 0 Å². The Bertz CT molecular complexity index is 972. The highest BCUT2D eigenvalue weighted by Crippen LogP contribution is 2.42. The molecule has 9 N–H and O–H groups in total. The van der Waals surface area contributed by atoms with Gasteiger partial charge < -0.3 is 60.2 Å². The summed E-state index contributed by atoms with van der Waals surface area (Å²) in [6, 6.07) is 0. The van der Waals surface area contributed by atoms with Crippen LogP contribution < -0.4 is 0 Å². The number of carbonyl (C=O) groups is 4. The van der Waals surface area contributed by atoms with E-state index in [0.29, 0.717) is 0 Å². The number of hydrogen-bond donors (Lipinski definition) is 9. The van der Waals surface area contributed by atoms with Gasteiger partial charge in [-0.05, 0) is 0 Å². The molecule has 3 heterocycles. The molecule has 3 aliphatic rings. The van der Waals surface area contributed by atoms with Crippen LogP contribution in [0.25, 0.3) is 0 Å². The van der Waals surface area contributed by atoms with Crippen LogP contribution in [0.1, 0.15) is 12.8 Å². The zero-order valence-corrected chi connectivity index (χ0v) is 20.0. The molecular formula is C19H26O21. The van der Waals surface area contributed by atoms with E-state index in [2.05, 4.69) is 19.6 Å².